The Kier molecular flexibility index (Phi) is 3.69. The summed E-state index contributed by atoms with van der Waals surface area (Å²) in [5.74, 6) is 0.671. The van der Waals surface area contributed by atoms with E-state index in [1.807, 2.05) is 18.2 Å². The second kappa shape index (κ2) is 5.89. The van der Waals surface area contributed by atoms with Gasteiger partial charge in [0.15, 0.2) is 5.58 Å². The topological polar surface area (TPSA) is 26.0 Å². The molecule has 0 unspecified atom stereocenters. The first-order valence-electron chi connectivity index (χ1n) is 8.58. The molecule has 0 radical (unpaired) electrons. The molecule has 0 saturated carbocycles. The van der Waals surface area contributed by atoms with Gasteiger partial charge in [0.2, 0.25) is 5.89 Å². The van der Waals surface area contributed by atoms with Gasteiger partial charge in [0.25, 0.3) is 0 Å². The maximum atomic E-state index is 6.19. The van der Waals surface area contributed by atoms with Crippen molar-refractivity contribution in [2.24, 2.45) is 0 Å². The minimum Gasteiger partial charge on any atom is -0.436 e. The number of benzene rings is 3. The molecule has 0 spiro atoms. The van der Waals surface area contributed by atoms with Crippen molar-refractivity contribution in [2.75, 3.05) is 0 Å². The second-order valence-corrected chi connectivity index (χ2v) is 7.37. The third-order valence-corrected chi connectivity index (χ3v) is 4.44. The molecule has 0 N–H and O–H groups in total. The Hall–Kier alpha value is -2.87. The number of hydrogen-bond acceptors (Lipinski definition) is 2. The van der Waals surface area contributed by atoms with Crippen LogP contribution in [0.4, 0.5) is 0 Å². The molecule has 4 rings (SSSR count). The quantitative estimate of drug-likeness (QED) is 0.422. The van der Waals surface area contributed by atoms with Gasteiger partial charge in [-0.05, 0) is 34.7 Å². The molecule has 0 aliphatic heterocycles. The number of fused-ring (bicyclic) bond motifs is 1. The first-order valence-corrected chi connectivity index (χ1v) is 8.58. The van der Waals surface area contributed by atoms with Gasteiger partial charge in [0.1, 0.15) is 5.52 Å². The van der Waals surface area contributed by atoms with E-state index >= 15 is 0 Å². The van der Waals surface area contributed by atoms with Gasteiger partial charge < -0.3 is 4.42 Å². The SMILES string of the molecule is CC(C)(C)c1cccc2nc(-c3cccc(-c4ccccc4)c3)oc12. The van der Waals surface area contributed by atoms with E-state index < -0.39 is 0 Å². The number of oxazole rings is 1. The highest BCUT2D eigenvalue weighted by atomic mass is 16.3. The molecule has 3 aromatic carbocycles. The van der Waals surface area contributed by atoms with Crippen molar-refractivity contribution in [1.29, 1.82) is 0 Å². The van der Waals surface area contributed by atoms with Crippen molar-refractivity contribution in [2.45, 2.75) is 26.2 Å². The molecule has 2 heteroatoms. The summed E-state index contributed by atoms with van der Waals surface area (Å²) < 4.78 is 6.19. The fourth-order valence-electron chi connectivity index (χ4n) is 3.13. The average Bonchev–Trinajstić information content (AvgIpc) is 3.06. The maximum Gasteiger partial charge on any atom is 0.227 e. The molecule has 0 atom stereocenters. The number of para-hydroxylation sites is 1. The van der Waals surface area contributed by atoms with Gasteiger partial charge in [0.05, 0.1) is 0 Å². The van der Waals surface area contributed by atoms with Crippen LogP contribution in [0.2, 0.25) is 0 Å². The zero-order valence-electron chi connectivity index (χ0n) is 14.8. The molecule has 1 aromatic heterocycles. The van der Waals surface area contributed by atoms with Crippen LogP contribution in [0.3, 0.4) is 0 Å². The summed E-state index contributed by atoms with van der Waals surface area (Å²) in [7, 11) is 0. The van der Waals surface area contributed by atoms with E-state index in [1.54, 1.807) is 0 Å². The van der Waals surface area contributed by atoms with Gasteiger partial charge in [-0.2, -0.15) is 0 Å². The van der Waals surface area contributed by atoms with Crippen molar-refractivity contribution >= 4 is 11.1 Å². The molecule has 25 heavy (non-hydrogen) atoms. The largest absolute Gasteiger partial charge is 0.436 e. The van der Waals surface area contributed by atoms with Crippen molar-refractivity contribution in [3.8, 4) is 22.6 Å². The highest BCUT2D eigenvalue weighted by Crippen LogP contribution is 2.34. The Morgan fingerprint density at radius 2 is 1.40 bits per heavy atom. The molecule has 0 saturated heterocycles. The van der Waals surface area contributed by atoms with Gasteiger partial charge in [-0.1, -0.05) is 75.4 Å². The molecule has 0 fully saturated rings. The lowest BCUT2D eigenvalue weighted by Crippen LogP contribution is -2.10. The van der Waals surface area contributed by atoms with Gasteiger partial charge in [0, 0.05) is 11.1 Å². The predicted molar refractivity (Wildman–Crippen MR) is 104 cm³/mol. The van der Waals surface area contributed by atoms with Crippen LogP contribution >= 0.6 is 0 Å². The van der Waals surface area contributed by atoms with E-state index in [-0.39, 0.29) is 5.41 Å². The zero-order valence-corrected chi connectivity index (χ0v) is 14.8. The fourth-order valence-corrected chi connectivity index (χ4v) is 3.13. The third kappa shape index (κ3) is 2.96. The van der Waals surface area contributed by atoms with Crippen LogP contribution in [-0.4, -0.2) is 4.98 Å². The second-order valence-electron chi connectivity index (χ2n) is 7.37. The lowest BCUT2D eigenvalue weighted by molar-refractivity contribution is 0.561. The van der Waals surface area contributed by atoms with Crippen molar-refractivity contribution in [3.05, 3.63) is 78.4 Å². The van der Waals surface area contributed by atoms with Crippen LogP contribution in [0.1, 0.15) is 26.3 Å². The standard InChI is InChI=1S/C23H21NO/c1-23(2,3)19-13-8-14-20-21(19)25-22(24-20)18-12-7-11-17(15-18)16-9-5-4-6-10-16/h4-15H,1-3H3. The van der Waals surface area contributed by atoms with Crippen LogP contribution in [-0.2, 0) is 5.41 Å². The van der Waals surface area contributed by atoms with Crippen LogP contribution < -0.4 is 0 Å². The average molecular weight is 327 g/mol. The summed E-state index contributed by atoms with van der Waals surface area (Å²) in [6.07, 6.45) is 0. The molecule has 0 aliphatic rings. The Morgan fingerprint density at radius 1 is 0.720 bits per heavy atom. The summed E-state index contributed by atoms with van der Waals surface area (Å²) >= 11 is 0. The Balaban J connectivity index is 1.83. The number of aromatic nitrogens is 1. The van der Waals surface area contributed by atoms with Crippen LogP contribution in [0.15, 0.2) is 77.2 Å². The van der Waals surface area contributed by atoms with Gasteiger partial charge in [-0.15, -0.1) is 0 Å². The van der Waals surface area contributed by atoms with Crippen LogP contribution in [0, 0.1) is 0 Å². The zero-order chi connectivity index (χ0) is 17.4. The van der Waals surface area contributed by atoms with E-state index in [2.05, 4.69) is 75.4 Å². The van der Waals surface area contributed by atoms with Gasteiger partial charge >= 0.3 is 0 Å². The fraction of sp³-hybridized carbons (Fsp3) is 0.174. The van der Waals surface area contributed by atoms with Crippen molar-refractivity contribution in [3.63, 3.8) is 0 Å². The minimum atomic E-state index is 0.0161. The summed E-state index contributed by atoms with van der Waals surface area (Å²) in [6.45, 7) is 6.58. The van der Waals surface area contributed by atoms with Gasteiger partial charge in [-0.3, -0.25) is 0 Å². The molecular formula is C23H21NO. The van der Waals surface area contributed by atoms with Crippen molar-refractivity contribution < 1.29 is 4.42 Å². The van der Waals surface area contributed by atoms with E-state index in [0.29, 0.717) is 5.89 Å². The van der Waals surface area contributed by atoms with Crippen LogP contribution in [0.25, 0.3) is 33.7 Å². The Labute approximate surface area is 148 Å². The highest BCUT2D eigenvalue weighted by Gasteiger charge is 2.20. The smallest absolute Gasteiger partial charge is 0.227 e. The monoisotopic (exact) mass is 327 g/mol. The van der Waals surface area contributed by atoms with E-state index in [4.69, 9.17) is 9.40 Å². The summed E-state index contributed by atoms with van der Waals surface area (Å²) in [5.41, 5.74) is 6.35. The molecule has 0 bridgehead atoms. The van der Waals surface area contributed by atoms with Gasteiger partial charge in [-0.25, -0.2) is 4.98 Å². The number of nitrogens with zero attached hydrogens (tertiary/aromatic N) is 1. The molecule has 2 nitrogen and oxygen atoms in total. The summed E-state index contributed by atoms with van der Waals surface area (Å²) in [4.78, 5) is 4.73. The molecule has 124 valence electrons. The summed E-state index contributed by atoms with van der Waals surface area (Å²) in [5, 5.41) is 0. The molecule has 4 aromatic rings. The minimum absolute atomic E-state index is 0.0161. The Bertz CT molecular complexity index is 1020. The third-order valence-electron chi connectivity index (χ3n) is 4.44. The predicted octanol–water partition coefficient (Wildman–Crippen LogP) is 6.46. The lowest BCUT2D eigenvalue weighted by Gasteiger charge is -2.18. The normalized spacial score (nSPS) is 11.8. The van der Waals surface area contributed by atoms with E-state index in [9.17, 15) is 0 Å². The number of hydrogen-bond donors (Lipinski definition) is 0. The first kappa shape index (κ1) is 15.6. The highest BCUT2D eigenvalue weighted by molar-refractivity contribution is 5.81. The van der Waals surface area contributed by atoms with E-state index in [1.165, 1.54) is 11.1 Å². The first-order chi connectivity index (χ1) is 12.0. The lowest BCUT2D eigenvalue weighted by atomic mass is 9.86. The molecular weight excluding hydrogens is 306 g/mol. The molecule has 1 heterocycles. The molecule has 0 amide bonds. The molecule has 0 aliphatic carbocycles. The van der Waals surface area contributed by atoms with Crippen molar-refractivity contribution in [1.82, 2.24) is 4.98 Å². The van der Waals surface area contributed by atoms with E-state index in [0.717, 1.165) is 22.2 Å². The maximum absolute atomic E-state index is 6.19. The number of rotatable bonds is 2. The summed E-state index contributed by atoms with van der Waals surface area (Å²) in [6, 6.07) is 24.9. The Morgan fingerprint density at radius 3 is 2.16 bits per heavy atom. The van der Waals surface area contributed by atoms with Crippen LogP contribution in [0.5, 0.6) is 0 Å².